The van der Waals surface area contributed by atoms with Crippen molar-refractivity contribution < 1.29 is 9.90 Å². The Morgan fingerprint density at radius 2 is 2.33 bits per heavy atom. The largest absolute Gasteiger partial charge is 0.481 e. The predicted octanol–water partition coefficient (Wildman–Crippen LogP) is 2.38. The standard InChI is InChI=1S/C17H24N2O2/c1-12-9-15-10-13(4-5-16(15)18-12)6-8-19-7-2-3-14(11-19)17(20)21/h4-5,10,12,14,18H,2-3,6-9,11H2,1H3,(H,20,21). The first kappa shape index (κ1) is 14.4. The van der Waals surface area contributed by atoms with E-state index < -0.39 is 5.97 Å². The molecule has 2 aliphatic rings. The molecule has 2 heterocycles. The molecule has 0 aliphatic carbocycles. The lowest BCUT2D eigenvalue weighted by Gasteiger charge is -2.30. The average Bonchev–Trinajstić information content (AvgIpc) is 2.84. The number of carbonyl (C=O) groups is 1. The van der Waals surface area contributed by atoms with Crippen molar-refractivity contribution in [2.75, 3.05) is 25.0 Å². The van der Waals surface area contributed by atoms with Gasteiger partial charge >= 0.3 is 5.97 Å². The van der Waals surface area contributed by atoms with Crippen molar-refractivity contribution in [1.29, 1.82) is 0 Å². The van der Waals surface area contributed by atoms with Gasteiger partial charge in [-0.05, 0) is 56.3 Å². The highest BCUT2D eigenvalue weighted by molar-refractivity contribution is 5.70. The molecule has 0 aromatic heterocycles. The molecule has 2 atom stereocenters. The van der Waals surface area contributed by atoms with E-state index in [-0.39, 0.29) is 5.92 Å². The number of rotatable bonds is 4. The number of fused-ring (bicyclic) bond motifs is 1. The molecule has 4 nitrogen and oxygen atoms in total. The Balaban J connectivity index is 1.56. The van der Waals surface area contributed by atoms with Gasteiger partial charge in [0.05, 0.1) is 5.92 Å². The summed E-state index contributed by atoms with van der Waals surface area (Å²) in [6.07, 6.45) is 3.94. The monoisotopic (exact) mass is 288 g/mol. The molecule has 0 spiro atoms. The van der Waals surface area contributed by atoms with Crippen molar-refractivity contribution >= 4 is 11.7 Å². The number of nitrogens with zero attached hydrogens (tertiary/aromatic N) is 1. The number of nitrogens with one attached hydrogen (secondary N) is 1. The SMILES string of the molecule is CC1Cc2cc(CCN3CCCC(C(=O)O)C3)ccc2N1. The van der Waals surface area contributed by atoms with Crippen LogP contribution in [0.25, 0.3) is 0 Å². The van der Waals surface area contributed by atoms with Crippen molar-refractivity contribution in [3.63, 3.8) is 0 Å². The Bertz CT molecular complexity index is 530. The van der Waals surface area contributed by atoms with Gasteiger partial charge in [-0.25, -0.2) is 0 Å². The molecule has 2 aliphatic heterocycles. The predicted molar refractivity (Wildman–Crippen MR) is 83.7 cm³/mol. The van der Waals surface area contributed by atoms with Gasteiger partial charge in [0.1, 0.15) is 0 Å². The van der Waals surface area contributed by atoms with Crippen LogP contribution in [0.2, 0.25) is 0 Å². The molecule has 1 aromatic rings. The van der Waals surface area contributed by atoms with Gasteiger partial charge < -0.3 is 15.3 Å². The maximum absolute atomic E-state index is 11.1. The van der Waals surface area contributed by atoms with Gasteiger partial charge in [-0.15, -0.1) is 0 Å². The molecule has 3 rings (SSSR count). The average molecular weight is 288 g/mol. The van der Waals surface area contributed by atoms with Crippen LogP contribution in [0.15, 0.2) is 18.2 Å². The summed E-state index contributed by atoms with van der Waals surface area (Å²) in [5.41, 5.74) is 4.05. The third-order valence-corrected chi connectivity index (χ3v) is 4.67. The minimum absolute atomic E-state index is 0.177. The van der Waals surface area contributed by atoms with E-state index in [9.17, 15) is 4.79 Å². The Kier molecular flexibility index (Phi) is 4.15. The lowest BCUT2D eigenvalue weighted by molar-refractivity contribution is -0.143. The van der Waals surface area contributed by atoms with Crippen LogP contribution < -0.4 is 5.32 Å². The zero-order chi connectivity index (χ0) is 14.8. The first-order valence-corrected chi connectivity index (χ1v) is 7.95. The van der Waals surface area contributed by atoms with E-state index in [1.54, 1.807) is 0 Å². The summed E-state index contributed by atoms with van der Waals surface area (Å²) in [7, 11) is 0. The van der Waals surface area contributed by atoms with Gasteiger partial charge in [0.15, 0.2) is 0 Å². The Morgan fingerprint density at radius 3 is 3.14 bits per heavy atom. The van der Waals surface area contributed by atoms with Crippen molar-refractivity contribution in [3.05, 3.63) is 29.3 Å². The number of hydrogen-bond donors (Lipinski definition) is 2. The summed E-state index contributed by atoms with van der Waals surface area (Å²) >= 11 is 0. The van der Waals surface area contributed by atoms with Crippen LogP contribution in [0.1, 0.15) is 30.9 Å². The van der Waals surface area contributed by atoms with Gasteiger partial charge in [0, 0.05) is 24.8 Å². The first-order valence-electron chi connectivity index (χ1n) is 7.95. The molecular formula is C17H24N2O2. The zero-order valence-corrected chi connectivity index (χ0v) is 12.6. The fourth-order valence-electron chi connectivity index (χ4n) is 3.51. The fourth-order valence-corrected chi connectivity index (χ4v) is 3.51. The maximum Gasteiger partial charge on any atom is 0.307 e. The number of carboxylic acids is 1. The molecule has 1 saturated heterocycles. The zero-order valence-electron chi connectivity index (χ0n) is 12.6. The number of aliphatic carboxylic acids is 1. The lowest BCUT2D eigenvalue weighted by Crippen LogP contribution is -2.39. The second-order valence-corrected chi connectivity index (χ2v) is 6.47. The molecule has 1 fully saturated rings. The molecule has 21 heavy (non-hydrogen) atoms. The molecule has 2 unspecified atom stereocenters. The third kappa shape index (κ3) is 3.38. The summed E-state index contributed by atoms with van der Waals surface area (Å²) in [4.78, 5) is 13.4. The van der Waals surface area contributed by atoms with Crippen molar-refractivity contribution in [2.24, 2.45) is 5.92 Å². The molecule has 1 aromatic carbocycles. The second kappa shape index (κ2) is 6.06. The van der Waals surface area contributed by atoms with Crippen molar-refractivity contribution in [1.82, 2.24) is 4.90 Å². The summed E-state index contributed by atoms with van der Waals surface area (Å²) in [6.45, 7) is 4.91. The van der Waals surface area contributed by atoms with Crippen LogP contribution in [0.3, 0.4) is 0 Å². The number of piperidine rings is 1. The van der Waals surface area contributed by atoms with Gasteiger partial charge in [0.25, 0.3) is 0 Å². The summed E-state index contributed by atoms with van der Waals surface area (Å²) in [6, 6.07) is 7.23. The molecular weight excluding hydrogens is 264 g/mol. The molecule has 0 amide bonds. The molecule has 114 valence electrons. The minimum atomic E-state index is -0.641. The molecule has 2 N–H and O–H groups in total. The van der Waals surface area contributed by atoms with Crippen LogP contribution in [0.4, 0.5) is 5.69 Å². The quantitative estimate of drug-likeness (QED) is 0.893. The van der Waals surface area contributed by atoms with Gasteiger partial charge in [0.2, 0.25) is 0 Å². The van der Waals surface area contributed by atoms with Crippen LogP contribution in [0, 0.1) is 5.92 Å². The fraction of sp³-hybridized carbons (Fsp3) is 0.588. The number of hydrogen-bond acceptors (Lipinski definition) is 3. The highest BCUT2D eigenvalue weighted by atomic mass is 16.4. The summed E-state index contributed by atoms with van der Waals surface area (Å²) < 4.78 is 0. The number of anilines is 1. The molecule has 0 bridgehead atoms. The molecule has 0 saturated carbocycles. The van der Waals surface area contributed by atoms with Crippen molar-refractivity contribution in [3.8, 4) is 0 Å². The number of benzene rings is 1. The maximum atomic E-state index is 11.1. The Hall–Kier alpha value is -1.55. The van der Waals surface area contributed by atoms with E-state index in [2.05, 4.69) is 35.3 Å². The number of carboxylic acid groups (broad SMARTS) is 1. The van der Waals surface area contributed by atoms with Crippen LogP contribution in [-0.4, -0.2) is 41.7 Å². The van der Waals surface area contributed by atoms with Gasteiger partial charge in [-0.2, -0.15) is 0 Å². The third-order valence-electron chi connectivity index (χ3n) is 4.67. The van der Waals surface area contributed by atoms with E-state index in [0.717, 1.165) is 38.8 Å². The van der Waals surface area contributed by atoms with Crippen LogP contribution in [-0.2, 0) is 17.6 Å². The minimum Gasteiger partial charge on any atom is -0.481 e. The smallest absolute Gasteiger partial charge is 0.307 e. The van der Waals surface area contributed by atoms with Gasteiger partial charge in [-0.1, -0.05) is 12.1 Å². The van der Waals surface area contributed by atoms with Crippen LogP contribution >= 0.6 is 0 Å². The lowest BCUT2D eigenvalue weighted by atomic mass is 9.97. The van der Waals surface area contributed by atoms with Gasteiger partial charge in [-0.3, -0.25) is 4.79 Å². The van der Waals surface area contributed by atoms with E-state index in [1.807, 2.05) is 0 Å². The first-order chi connectivity index (χ1) is 10.1. The van der Waals surface area contributed by atoms with E-state index >= 15 is 0 Å². The topological polar surface area (TPSA) is 52.6 Å². The molecule has 0 radical (unpaired) electrons. The highest BCUT2D eigenvalue weighted by Gasteiger charge is 2.25. The van der Waals surface area contributed by atoms with Crippen LogP contribution in [0.5, 0.6) is 0 Å². The summed E-state index contributed by atoms with van der Waals surface area (Å²) in [5.74, 6) is -0.818. The van der Waals surface area contributed by atoms with E-state index in [1.165, 1.54) is 16.8 Å². The highest BCUT2D eigenvalue weighted by Crippen LogP contribution is 2.27. The van der Waals surface area contributed by atoms with E-state index in [4.69, 9.17) is 5.11 Å². The normalized spacial score (nSPS) is 25.4. The van der Waals surface area contributed by atoms with E-state index in [0.29, 0.717) is 12.6 Å². The Morgan fingerprint density at radius 1 is 1.48 bits per heavy atom. The second-order valence-electron chi connectivity index (χ2n) is 6.47. The van der Waals surface area contributed by atoms with Crippen molar-refractivity contribution in [2.45, 2.75) is 38.6 Å². The number of likely N-dealkylation sites (tertiary alicyclic amines) is 1. The Labute approximate surface area is 126 Å². The molecule has 4 heteroatoms. The summed E-state index contributed by atoms with van der Waals surface area (Å²) in [5, 5.41) is 12.6.